The van der Waals surface area contributed by atoms with Crippen LogP contribution in [0.4, 0.5) is 0 Å². The summed E-state index contributed by atoms with van der Waals surface area (Å²) in [6.07, 6.45) is 5.71. The van der Waals surface area contributed by atoms with Crippen molar-refractivity contribution in [2.45, 2.75) is 58.5 Å². The third-order valence-electron chi connectivity index (χ3n) is 3.24. The smallest absolute Gasteiger partial charge is 0.0683 e. The Bertz CT molecular complexity index is 144. The second-order valence-corrected chi connectivity index (χ2v) is 4.51. The van der Waals surface area contributed by atoms with E-state index in [0.717, 1.165) is 12.8 Å². The molecule has 0 spiro atoms. The van der Waals surface area contributed by atoms with Crippen molar-refractivity contribution in [3.63, 3.8) is 0 Å². The van der Waals surface area contributed by atoms with Crippen LogP contribution in [0.15, 0.2) is 0 Å². The second-order valence-electron chi connectivity index (χ2n) is 4.51. The summed E-state index contributed by atoms with van der Waals surface area (Å²) >= 11 is 0. The van der Waals surface area contributed by atoms with Crippen LogP contribution in [0.25, 0.3) is 0 Å². The quantitative estimate of drug-likeness (QED) is 0.672. The Morgan fingerprint density at radius 3 is 2.67 bits per heavy atom. The molecule has 12 heavy (non-hydrogen) atoms. The van der Waals surface area contributed by atoms with Gasteiger partial charge in [0.05, 0.1) is 5.60 Å². The first-order valence-electron chi connectivity index (χ1n) is 5.34. The Morgan fingerprint density at radius 2 is 2.17 bits per heavy atom. The van der Waals surface area contributed by atoms with E-state index in [1.165, 1.54) is 19.3 Å². The summed E-state index contributed by atoms with van der Waals surface area (Å²) in [7, 11) is 0. The Hall–Kier alpha value is -0.0400. The highest BCUT2D eigenvalue weighted by molar-refractivity contribution is 5.03. The van der Waals surface area contributed by atoms with E-state index in [2.05, 4.69) is 20.8 Å². The highest BCUT2D eigenvalue weighted by Crippen LogP contribution is 2.50. The van der Waals surface area contributed by atoms with Crippen LogP contribution < -0.4 is 0 Å². The lowest BCUT2D eigenvalue weighted by atomic mass is 9.97. The van der Waals surface area contributed by atoms with Gasteiger partial charge < -0.3 is 5.11 Å². The van der Waals surface area contributed by atoms with Crippen LogP contribution >= 0.6 is 0 Å². The highest BCUT2D eigenvalue weighted by atomic mass is 16.3. The van der Waals surface area contributed by atoms with Crippen LogP contribution in [0.1, 0.15) is 52.9 Å². The molecule has 0 aromatic heterocycles. The first kappa shape index (κ1) is 10.0. The van der Waals surface area contributed by atoms with Gasteiger partial charge in [-0.05, 0) is 31.1 Å². The minimum absolute atomic E-state index is 0.258. The Kier molecular flexibility index (Phi) is 3.16. The standard InChI is InChI=1S/C11H22O/c1-4-6-10-8-11(10,12)7-9(3)5-2/h9-10,12H,4-8H2,1-3H3. The van der Waals surface area contributed by atoms with E-state index in [1.807, 2.05) is 0 Å². The summed E-state index contributed by atoms with van der Waals surface area (Å²) < 4.78 is 0. The predicted octanol–water partition coefficient (Wildman–Crippen LogP) is 2.97. The number of hydrogen-bond acceptors (Lipinski definition) is 1. The molecular formula is C11H22O. The van der Waals surface area contributed by atoms with Crippen LogP contribution in [0, 0.1) is 11.8 Å². The lowest BCUT2D eigenvalue weighted by molar-refractivity contribution is 0.101. The van der Waals surface area contributed by atoms with Crippen LogP contribution in [-0.4, -0.2) is 10.7 Å². The molecule has 1 aliphatic carbocycles. The summed E-state index contributed by atoms with van der Waals surface area (Å²) in [4.78, 5) is 0. The van der Waals surface area contributed by atoms with Gasteiger partial charge >= 0.3 is 0 Å². The summed E-state index contributed by atoms with van der Waals surface area (Å²) in [5, 5.41) is 10.0. The van der Waals surface area contributed by atoms with Crippen molar-refractivity contribution in [3.05, 3.63) is 0 Å². The molecule has 0 aliphatic heterocycles. The Balaban J connectivity index is 2.25. The Morgan fingerprint density at radius 1 is 1.50 bits per heavy atom. The zero-order valence-corrected chi connectivity index (χ0v) is 8.64. The average Bonchev–Trinajstić information content (AvgIpc) is 2.62. The van der Waals surface area contributed by atoms with Crippen LogP contribution in [-0.2, 0) is 0 Å². The van der Waals surface area contributed by atoms with Gasteiger partial charge in [-0.2, -0.15) is 0 Å². The Labute approximate surface area is 76.2 Å². The molecular weight excluding hydrogens is 148 g/mol. The van der Waals surface area contributed by atoms with Gasteiger partial charge in [-0.25, -0.2) is 0 Å². The molecule has 0 bridgehead atoms. The predicted molar refractivity (Wildman–Crippen MR) is 52.0 cm³/mol. The summed E-state index contributed by atoms with van der Waals surface area (Å²) in [5.41, 5.74) is -0.258. The van der Waals surface area contributed by atoms with Crippen LogP contribution in [0.3, 0.4) is 0 Å². The molecule has 1 N–H and O–H groups in total. The SMILES string of the molecule is CCCC1CC1(O)CC(C)CC. The number of rotatable bonds is 5. The van der Waals surface area contributed by atoms with E-state index in [1.54, 1.807) is 0 Å². The zero-order chi connectivity index (χ0) is 9.19. The molecule has 0 aromatic rings. The minimum Gasteiger partial charge on any atom is -0.390 e. The molecule has 0 amide bonds. The van der Waals surface area contributed by atoms with Gasteiger partial charge in [-0.3, -0.25) is 0 Å². The van der Waals surface area contributed by atoms with Crippen molar-refractivity contribution in [2.75, 3.05) is 0 Å². The fourth-order valence-electron chi connectivity index (χ4n) is 2.08. The number of aliphatic hydroxyl groups is 1. The van der Waals surface area contributed by atoms with Gasteiger partial charge in [-0.1, -0.05) is 33.6 Å². The lowest BCUT2D eigenvalue weighted by Gasteiger charge is -2.14. The van der Waals surface area contributed by atoms with Crippen molar-refractivity contribution in [1.29, 1.82) is 0 Å². The summed E-state index contributed by atoms with van der Waals surface area (Å²) in [5.74, 6) is 1.31. The maximum atomic E-state index is 10.0. The van der Waals surface area contributed by atoms with Crippen LogP contribution in [0.2, 0.25) is 0 Å². The molecule has 3 unspecified atom stereocenters. The normalized spacial score (nSPS) is 36.5. The van der Waals surface area contributed by atoms with Crippen LogP contribution in [0.5, 0.6) is 0 Å². The van der Waals surface area contributed by atoms with E-state index >= 15 is 0 Å². The summed E-state index contributed by atoms with van der Waals surface area (Å²) in [6, 6.07) is 0. The van der Waals surface area contributed by atoms with Gasteiger partial charge in [0, 0.05) is 0 Å². The minimum atomic E-state index is -0.258. The monoisotopic (exact) mass is 170 g/mol. The van der Waals surface area contributed by atoms with E-state index in [4.69, 9.17) is 0 Å². The average molecular weight is 170 g/mol. The molecule has 0 heterocycles. The van der Waals surface area contributed by atoms with Gasteiger partial charge in [0.25, 0.3) is 0 Å². The van der Waals surface area contributed by atoms with Crippen molar-refractivity contribution in [1.82, 2.24) is 0 Å². The third-order valence-corrected chi connectivity index (χ3v) is 3.24. The van der Waals surface area contributed by atoms with Crippen molar-refractivity contribution in [3.8, 4) is 0 Å². The molecule has 0 saturated heterocycles. The molecule has 0 radical (unpaired) electrons. The molecule has 1 heteroatoms. The molecule has 3 atom stereocenters. The van der Waals surface area contributed by atoms with Crippen molar-refractivity contribution < 1.29 is 5.11 Å². The van der Waals surface area contributed by atoms with Crippen molar-refractivity contribution in [2.24, 2.45) is 11.8 Å². The van der Waals surface area contributed by atoms with Gasteiger partial charge in [-0.15, -0.1) is 0 Å². The largest absolute Gasteiger partial charge is 0.390 e. The molecule has 72 valence electrons. The molecule has 1 aliphatic rings. The lowest BCUT2D eigenvalue weighted by Crippen LogP contribution is -2.15. The maximum Gasteiger partial charge on any atom is 0.0683 e. The fourth-order valence-corrected chi connectivity index (χ4v) is 2.08. The molecule has 1 rings (SSSR count). The number of hydrogen-bond donors (Lipinski definition) is 1. The molecule has 1 fully saturated rings. The topological polar surface area (TPSA) is 20.2 Å². The summed E-state index contributed by atoms with van der Waals surface area (Å²) in [6.45, 7) is 6.63. The maximum absolute atomic E-state index is 10.0. The zero-order valence-electron chi connectivity index (χ0n) is 8.64. The second kappa shape index (κ2) is 3.78. The van der Waals surface area contributed by atoms with Crippen molar-refractivity contribution >= 4 is 0 Å². The molecule has 0 aromatic carbocycles. The first-order valence-corrected chi connectivity index (χ1v) is 5.34. The van der Waals surface area contributed by atoms with Gasteiger partial charge in [0.2, 0.25) is 0 Å². The molecule has 1 nitrogen and oxygen atoms in total. The van der Waals surface area contributed by atoms with E-state index in [-0.39, 0.29) is 5.60 Å². The van der Waals surface area contributed by atoms with E-state index in [0.29, 0.717) is 11.8 Å². The third kappa shape index (κ3) is 2.22. The fraction of sp³-hybridized carbons (Fsp3) is 1.00. The highest BCUT2D eigenvalue weighted by Gasteiger charge is 2.51. The van der Waals surface area contributed by atoms with Gasteiger partial charge in [0.15, 0.2) is 0 Å². The van der Waals surface area contributed by atoms with Gasteiger partial charge in [0.1, 0.15) is 0 Å². The van der Waals surface area contributed by atoms with E-state index in [9.17, 15) is 5.11 Å². The van der Waals surface area contributed by atoms with E-state index < -0.39 is 0 Å². The molecule has 1 saturated carbocycles. The first-order chi connectivity index (χ1) is 5.62.